The van der Waals surface area contributed by atoms with Gasteiger partial charge in [-0.2, -0.15) is 0 Å². The van der Waals surface area contributed by atoms with E-state index in [0.717, 1.165) is 0 Å². The third-order valence-corrected chi connectivity index (χ3v) is 2.22. The van der Waals surface area contributed by atoms with Crippen LogP contribution in [0.15, 0.2) is 0 Å². The van der Waals surface area contributed by atoms with E-state index in [1.165, 1.54) is 14.0 Å². The summed E-state index contributed by atoms with van der Waals surface area (Å²) in [6.07, 6.45) is 0.729. The SMILES string of the molecule is CCOC(=O)C(C)(CCCOC)C(=O)O. The molecule has 0 heterocycles. The summed E-state index contributed by atoms with van der Waals surface area (Å²) in [6.45, 7) is 3.65. The molecule has 0 bridgehead atoms. The van der Waals surface area contributed by atoms with Crippen LogP contribution in [-0.4, -0.2) is 37.4 Å². The molecule has 0 aliphatic rings. The highest BCUT2D eigenvalue weighted by Gasteiger charge is 2.42. The van der Waals surface area contributed by atoms with Gasteiger partial charge in [-0.1, -0.05) is 0 Å². The van der Waals surface area contributed by atoms with Crippen molar-refractivity contribution in [1.82, 2.24) is 0 Å². The molecule has 0 aromatic heterocycles. The summed E-state index contributed by atoms with van der Waals surface area (Å²) >= 11 is 0. The van der Waals surface area contributed by atoms with Crippen molar-refractivity contribution in [1.29, 1.82) is 0 Å². The summed E-state index contributed by atoms with van der Waals surface area (Å²) in [4.78, 5) is 22.4. The van der Waals surface area contributed by atoms with E-state index in [9.17, 15) is 9.59 Å². The second kappa shape index (κ2) is 6.40. The number of carbonyl (C=O) groups is 2. The second-order valence-corrected chi connectivity index (χ2v) is 3.45. The first-order valence-corrected chi connectivity index (χ1v) is 4.88. The molecule has 88 valence electrons. The Morgan fingerprint density at radius 2 is 2.00 bits per heavy atom. The minimum Gasteiger partial charge on any atom is -0.480 e. The number of carboxylic acids is 1. The Morgan fingerprint density at radius 1 is 1.40 bits per heavy atom. The van der Waals surface area contributed by atoms with Crippen molar-refractivity contribution >= 4 is 11.9 Å². The van der Waals surface area contributed by atoms with E-state index in [-0.39, 0.29) is 13.0 Å². The normalized spacial score (nSPS) is 14.3. The first kappa shape index (κ1) is 13.9. The van der Waals surface area contributed by atoms with Gasteiger partial charge < -0.3 is 14.6 Å². The standard InChI is InChI=1S/C10H18O5/c1-4-15-9(13)10(2,8(11)12)6-5-7-14-3/h4-7H2,1-3H3,(H,11,12). The summed E-state index contributed by atoms with van der Waals surface area (Å²) in [6, 6.07) is 0. The highest BCUT2D eigenvalue weighted by Crippen LogP contribution is 2.25. The average Bonchev–Trinajstić information content (AvgIpc) is 2.18. The number of esters is 1. The van der Waals surface area contributed by atoms with Crippen LogP contribution in [0, 0.1) is 5.41 Å². The molecule has 0 aliphatic heterocycles. The van der Waals surface area contributed by atoms with Gasteiger partial charge in [0.1, 0.15) is 0 Å². The van der Waals surface area contributed by atoms with Crippen LogP contribution in [0.25, 0.3) is 0 Å². The number of aliphatic carboxylic acids is 1. The maximum absolute atomic E-state index is 11.5. The number of hydrogen-bond acceptors (Lipinski definition) is 4. The van der Waals surface area contributed by atoms with Gasteiger partial charge in [0.15, 0.2) is 5.41 Å². The van der Waals surface area contributed by atoms with E-state index >= 15 is 0 Å². The van der Waals surface area contributed by atoms with Crippen LogP contribution in [0.4, 0.5) is 0 Å². The van der Waals surface area contributed by atoms with E-state index < -0.39 is 17.4 Å². The number of ether oxygens (including phenoxy) is 2. The minimum absolute atomic E-state index is 0.186. The van der Waals surface area contributed by atoms with Gasteiger partial charge in [0.25, 0.3) is 0 Å². The van der Waals surface area contributed by atoms with Crippen LogP contribution in [0.1, 0.15) is 26.7 Å². The fourth-order valence-electron chi connectivity index (χ4n) is 1.16. The van der Waals surface area contributed by atoms with E-state index in [2.05, 4.69) is 0 Å². The summed E-state index contributed by atoms with van der Waals surface area (Å²) in [5.74, 6) is -1.84. The molecule has 0 aliphatic carbocycles. The van der Waals surface area contributed by atoms with Crippen molar-refractivity contribution in [3.05, 3.63) is 0 Å². The Bertz CT molecular complexity index is 226. The maximum atomic E-state index is 11.5. The van der Waals surface area contributed by atoms with Crippen LogP contribution < -0.4 is 0 Å². The van der Waals surface area contributed by atoms with Crippen molar-refractivity contribution in [2.75, 3.05) is 20.3 Å². The molecule has 5 nitrogen and oxygen atoms in total. The first-order valence-electron chi connectivity index (χ1n) is 4.88. The minimum atomic E-state index is -1.46. The van der Waals surface area contributed by atoms with Crippen LogP contribution >= 0.6 is 0 Å². The predicted octanol–water partition coefficient (Wildman–Crippen LogP) is 1.07. The van der Waals surface area contributed by atoms with Gasteiger partial charge in [0, 0.05) is 13.7 Å². The Morgan fingerprint density at radius 3 is 2.40 bits per heavy atom. The first-order chi connectivity index (χ1) is 6.99. The van der Waals surface area contributed by atoms with E-state index in [1.807, 2.05) is 0 Å². The highest BCUT2D eigenvalue weighted by atomic mass is 16.5. The van der Waals surface area contributed by atoms with Crippen molar-refractivity contribution in [3.63, 3.8) is 0 Å². The number of methoxy groups -OCH3 is 1. The molecule has 15 heavy (non-hydrogen) atoms. The lowest BCUT2D eigenvalue weighted by Gasteiger charge is -2.22. The molecule has 0 saturated heterocycles. The number of rotatable bonds is 7. The van der Waals surface area contributed by atoms with Gasteiger partial charge in [-0.25, -0.2) is 0 Å². The number of carbonyl (C=O) groups excluding carboxylic acids is 1. The summed E-state index contributed by atoms with van der Waals surface area (Å²) in [7, 11) is 1.53. The average molecular weight is 218 g/mol. The van der Waals surface area contributed by atoms with Gasteiger partial charge >= 0.3 is 11.9 Å². The second-order valence-electron chi connectivity index (χ2n) is 3.45. The van der Waals surface area contributed by atoms with E-state index in [4.69, 9.17) is 14.6 Å². The molecule has 1 N–H and O–H groups in total. The van der Waals surface area contributed by atoms with Crippen LogP contribution in [-0.2, 0) is 19.1 Å². The number of carboxylic acid groups (broad SMARTS) is 1. The third-order valence-electron chi connectivity index (χ3n) is 2.22. The Balaban J connectivity index is 4.44. The summed E-state index contributed by atoms with van der Waals surface area (Å²) in [5, 5.41) is 8.99. The van der Waals surface area contributed by atoms with Crippen LogP contribution in [0.5, 0.6) is 0 Å². The smallest absolute Gasteiger partial charge is 0.323 e. The van der Waals surface area contributed by atoms with Gasteiger partial charge in [-0.15, -0.1) is 0 Å². The van der Waals surface area contributed by atoms with E-state index in [1.54, 1.807) is 6.92 Å². The quantitative estimate of drug-likeness (QED) is 0.393. The van der Waals surface area contributed by atoms with E-state index in [0.29, 0.717) is 13.0 Å². The maximum Gasteiger partial charge on any atom is 0.323 e. The van der Waals surface area contributed by atoms with Gasteiger partial charge in [-0.05, 0) is 26.7 Å². The molecular weight excluding hydrogens is 200 g/mol. The fraction of sp³-hybridized carbons (Fsp3) is 0.800. The van der Waals surface area contributed by atoms with Crippen molar-refractivity contribution in [3.8, 4) is 0 Å². The molecule has 0 saturated carbocycles. The zero-order valence-corrected chi connectivity index (χ0v) is 9.41. The third kappa shape index (κ3) is 3.87. The lowest BCUT2D eigenvalue weighted by atomic mass is 9.85. The molecular formula is C10H18O5. The highest BCUT2D eigenvalue weighted by molar-refractivity contribution is 5.98. The summed E-state index contributed by atoms with van der Waals surface area (Å²) in [5.41, 5.74) is -1.46. The van der Waals surface area contributed by atoms with Crippen molar-refractivity contribution < 1.29 is 24.2 Å². The zero-order chi connectivity index (χ0) is 11.9. The summed E-state index contributed by atoms with van der Waals surface area (Å²) < 4.78 is 9.55. The monoisotopic (exact) mass is 218 g/mol. The lowest BCUT2D eigenvalue weighted by Crippen LogP contribution is -2.38. The van der Waals surface area contributed by atoms with Crippen molar-refractivity contribution in [2.24, 2.45) is 5.41 Å². The van der Waals surface area contributed by atoms with Gasteiger partial charge in [0.05, 0.1) is 6.61 Å². The number of hydrogen-bond donors (Lipinski definition) is 1. The molecule has 0 aromatic carbocycles. The molecule has 5 heteroatoms. The Hall–Kier alpha value is -1.10. The van der Waals surface area contributed by atoms with Crippen LogP contribution in [0.2, 0.25) is 0 Å². The molecule has 0 spiro atoms. The molecule has 0 aromatic rings. The molecule has 0 rings (SSSR count). The fourth-order valence-corrected chi connectivity index (χ4v) is 1.16. The van der Waals surface area contributed by atoms with Crippen LogP contribution in [0.3, 0.4) is 0 Å². The topological polar surface area (TPSA) is 72.8 Å². The molecule has 0 fully saturated rings. The molecule has 1 unspecified atom stereocenters. The zero-order valence-electron chi connectivity index (χ0n) is 9.41. The largest absolute Gasteiger partial charge is 0.480 e. The lowest BCUT2D eigenvalue weighted by molar-refractivity contribution is -0.167. The van der Waals surface area contributed by atoms with Gasteiger partial charge in [-0.3, -0.25) is 9.59 Å². The Kier molecular flexibility index (Phi) is 5.93. The van der Waals surface area contributed by atoms with Crippen molar-refractivity contribution in [2.45, 2.75) is 26.7 Å². The van der Waals surface area contributed by atoms with Gasteiger partial charge in [0.2, 0.25) is 0 Å². The molecule has 0 radical (unpaired) electrons. The predicted molar refractivity (Wildman–Crippen MR) is 53.5 cm³/mol. The Labute approximate surface area is 89.4 Å². The molecule has 1 atom stereocenters. The molecule has 0 amide bonds.